The summed E-state index contributed by atoms with van der Waals surface area (Å²) in [6, 6.07) is 4.35. The van der Waals surface area contributed by atoms with Crippen molar-refractivity contribution in [3.63, 3.8) is 0 Å². The zero-order valence-electron chi connectivity index (χ0n) is 7.93. The Hall–Kier alpha value is -0.860. The molecule has 0 saturated carbocycles. The van der Waals surface area contributed by atoms with Gasteiger partial charge in [0.15, 0.2) is 0 Å². The topological polar surface area (TPSA) is 20.2 Å². The summed E-state index contributed by atoms with van der Waals surface area (Å²) in [5.74, 6) is -0.480. The number of hydrogen-bond donors (Lipinski definition) is 1. The number of aliphatic hydroxyl groups excluding tert-OH is 1. The number of halogens is 2. The Labute approximate surface area is 87.8 Å². The maximum Gasteiger partial charge on any atom is 0.130 e. The summed E-state index contributed by atoms with van der Waals surface area (Å²) in [6.07, 6.45) is -0.595. The largest absolute Gasteiger partial charge is 0.388 e. The van der Waals surface area contributed by atoms with Gasteiger partial charge in [0.1, 0.15) is 5.82 Å². The van der Waals surface area contributed by atoms with Crippen molar-refractivity contribution >= 4 is 11.6 Å². The molecule has 76 valence electrons. The summed E-state index contributed by atoms with van der Waals surface area (Å²) < 4.78 is 13.3. The van der Waals surface area contributed by atoms with E-state index in [4.69, 9.17) is 11.6 Å². The van der Waals surface area contributed by atoms with Gasteiger partial charge >= 0.3 is 0 Å². The Morgan fingerprint density at radius 3 is 2.79 bits per heavy atom. The lowest BCUT2D eigenvalue weighted by Gasteiger charge is -2.13. The molecule has 1 unspecified atom stereocenters. The van der Waals surface area contributed by atoms with Crippen molar-refractivity contribution in [2.45, 2.75) is 19.4 Å². The Bertz CT molecular complexity index is 329. The Balaban J connectivity index is 2.99. The van der Waals surface area contributed by atoms with E-state index in [9.17, 15) is 9.50 Å². The van der Waals surface area contributed by atoms with E-state index in [2.05, 4.69) is 6.58 Å². The molecule has 1 nitrogen and oxygen atoms in total. The normalized spacial score (nSPS) is 12.6. The molecule has 14 heavy (non-hydrogen) atoms. The smallest absolute Gasteiger partial charge is 0.130 e. The van der Waals surface area contributed by atoms with Crippen LogP contribution < -0.4 is 0 Å². The van der Waals surface area contributed by atoms with Crippen molar-refractivity contribution in [3.8, 4) is 0 Å². The summed E-state index contributed by atoms with van der Waals surface area (Å²) in [7, 11) is 0. The lowest BCUT2D eigenvalue weighted by molar-refractivity contribution is 0.174. The van der Waals surface area contributed by atoms with Gasteiger partial charge in [-0.3, -0.25) is 0 Å². The van der Waals surface area contributed by atoms with Gasteiger partial charge in [-0.15, -0.1) is 6.58 Å². The molecule has 0 bridgehead atoms. The van der Waals surface area contributed by atoms with Crippen LogP contribution in [0.15, 0.2) is 30.4 Å². The van der Waals surface area contributed by atoms with Gasteiger partial charge in [-0.25, -0.2) is 4.39 Å². The lowest BCUT2D eigenvalue weighted by atomic mass is 10.0. The second kappa shape index (κ2) is 4.58. The molecule has 1 N–H and O–H groups in total. The third kappa shape index (κ3) is 2.56. The maximum absolute atomic E-state index is 13.3. The Morgan fingerprint density at radius 1 is 1.64 bits per heavy atom. The van der Waals surface area contributed by atoms with Crippen LogP contribution in [0.25, 0.3) is 0 Å². The molecule has 1 atom stereocenters. The molecule has 0 aliphatic carbocycles. The first kappa shape index (κ1) is 11.2. The van der Waals surface area contributed by atoms with Crippen molar-refractivity contribution in [3.05, 3.63) is 46.8 Å². The number of aliphatic hydroxyl groups is 1. The maximum atomic E-state index is 13.3. The van der Waals surface area contributed by atoms with Crippen LogP contribution in [0.1, 0.15) is 25.0 Å². The van der Waals surface area contributed by atoms with E-state index in [0.29, 0.717) is 6.42 Å². The van der Waals surface area contributed by atoms with Crippen LogP contribution >= 0.6 is 11.6 Å². The van der Waals surface area contributed by atoms with Crippen LogP contribution in [0.3, 0.4) is 0 Å². The predicted octanol–water partition coefficient (Wildman–Crippen LogP) is 3.48. The highest BCUT2D eigenvalue weighted by atomic mass is 35.5. The molecule has 0 saturated heterocycles. The van der Waals surface area contributed by atoms with Gasteiger partial charge in [-0.05, 0) is 25.5 Å². The van der Waals surface area contributed by atoms with Crippen LogP contribution in [0.2, 0.25) is 5.02 Å². The van der Waals surface area contributed by atoms with Crippen LogP contribution in [-0.4, -0.2) is 5.11 Å². The predicted molar refractivity (Wildman–Crippen MR) is 55.8 cm³/mol. The molecular formula is C11H12ClFO. The second-order valence-electron chi connectivity index (χ2n) is 3.31. The molecule has 0 aromatic heterocycles. The van der Waals surface area contributed by atoms with E-state index in [-0.39, 0.29) is 10.6 Å². The third-order valence-corrected chi connectivity index (χ3v) is 2.20. The van der Waals surface area contributed by atoms with Crippen LogP contribution in [0, 0.1) is 5.82 Å². The summed E-state index contributed by atoms with van der Waals surface area (Å²) in [6.45, 7) is 5.43. The van der Waals surface area contributed by atoms with Crippen molar-refractivity contribution in [2.24, 2.45) is 0 Å². The highest BCUT2D eigenvalue weighted by Crippen LogP contribution is 2.29. The SMILES string of the molecule is C=C(C)CC(O)c1c(F)cccc1Cl. The number of hydrogen-bond acceptors (Lipinski definition) is 1. The number of benzene rings is 1. The minimum absolute atomic E-state index is 0.150. The van der Waals surface area contributed by atoms with E-state index < -0.39 is 11.9 Å². The fourth-order valence-electron chi connectivity index (χ4n) is 1.26. The van der Waals surface area contributed by atoms with Crippen molar-refractivity contribution < 1.29 is 9.50 Å². The third-order valence-electron chi connectivity index (χ3n) is 1.87. The van der Waals surface area contributed by atoms with E-state index in [1.54, 1.807) is 13.0 Å². The molecule has 1 rings (SSSR count). The summed E-state index contributed by atoms with van der Waals surface area (Å²) in [5, 5.41) is 9.92. The summed E-state index contributed by atoms with van der Waals surface area (Å²) in [5.41, 5.74) is 0.939. The molecule has 0 amide bonds. The minimum atomic E-state index is -0.916. The van der Waals surface area contributed by atoms with Crippen molar-refractivity contribution in [1.29, 1.82) is 0 Å². The van der Waals surface area contributed by atoms with Crippen LogP contribution in [0.5, 0.6) is 0 Å². The van der Waals surface area contributed by atoms with Gasteiger partial charge in [-0.1, -0.05) is 23.2 Å². The molecule has 0 aliphatic heterocycles. The highest BCUT2D eigenvalue weighted by molar-refractivity contribution is 6.31. The average molecular weight is 215 g/mol. The quantitative estimate of drug-likeness (QED) is 0.764. The molecule has 3 heteroatoms. The molecule has 0 radical (unpaired) electrons. The standard InChI is InChI=1S/C11H12ClFO/c1-7(2)6-10(14)11-8(12)4-3-5-9(11)13/h3-5,10,14H,1,6H2,2H3. The van der Waals surface area contributed by atoms with E-state index in [1.807, 2.05) is 0 Å². The fraction of sp³-hybridized carbons (Fsp3) is 0.273. The second-order valence-corrected chi connectivity index (χ2v) is 3.72. The molecule has 0 spiro atoms. The monoisotopic (exact) mass is 214 g/mol. The van der Waals surface area contributed by atoms with Gasteiger partial charge in [0.05, 0.1) is 6.10 Å². The highest BCUT2D eigenvalue weighted by Gasteiger charge is 2.15. The first-order valence-electron chi connectivity index (χ1n) is 4.28. The lowest BCUT2D eigenvalue weighted by Crippen LogP contribution is -2.01. The van der Waals surface area contributed by atoms with Crippen molar-refractivity contribution in [1.82, 2.24) is 0 Å². The first-order valence-corrected chi connectivity index (χ1v) is 4.66. The van der Waals surface area contributed by atoms with Gasteiger partial charge in [0.2, 0.25) is 0 Å². The van der Waals surface area contributed by atoms with Gasteiger partial charge in [0, 0.05) is 10.6 Å². The van der Waals surface area contributed by atoms with E-state index >= 15 is 0 Å². The summed E-state index contributed by atoms with van der Waals surface area (Å²) >= 11 is 5.78. The zero-order valence-corrected chi connectivity index (χ0v) is 8.68. The van der Waals surface area contributed by atoms with E-state index in [0.717, 1.165) is 5.57 Å². The van der Waals surface area contributed by atoms with Crippen LogP contribution in [0.4, 0.5) is 4.39 Å². The summed E-state index contributed by atoms with van der Waals surface area (Å²) in [4.78, 5) is 0. The van der Waals surface area contributed by atoms with Gasteiger partial charge in [-0.2, -0.15) is 0 Å². The van der Waals surface area contributed by atoms with E-state index in [1.165, 1.54) is 12.1 Å². The Morgan fingerprint density at radius 2 is 2.29 bits per heavy atom. The van der Waals surface area contributed by atoms with Gasteiger partial charge in [0.25, 0.3) is 0 Å². The van der Waals surface area contributed by atoms with Gasteiger partial charge < -0.3 is 5.11 Å². The minimum Gasteiger partial charge on any atom is -0.388 e. The molecule has 1 aromatic rings. The average Bonchev–Trinajstić information content (AvgIpc) is 2.01. The molecular weight excluding hydrogens is 203 g/mol. The zero-order chi connectivity index (χ0) is 10.7. The molecule has 0 heterocycles. The molecule has 0 fully saturated rings. The molecule has 1 aromatic carbocycles. The number of rotatable bonds is 3. The van der Waals surface area contributed by atoms with Crippen molar-refractivity contribution in [2.75, 3.05) is 0 Å². The fourth-order valence-corrected chi connectivity index (χ4v) is 1.55. The van der Waals surface area contributed by atoms with Crippen LogP contribution in [-0.2, 0) is 0 Å². The first-order chi connectivity index (χ1) is 6.52. The molecule has 0 aliphatic rings. The Kier molecular flexibility index (Phi) is 3.67.